The summed E-state index contributed by atoms with van der Waals surface area (Å²) in [5, 5.41) is 23.1. The average Bonchev–Trinajstić information content (AvgIpc) is 2.34. The zero-order chi connectivity index (χ0) is 16.4. The number of terminal acetylenes is 1. The van der Waals surface area contributed by atoms with Gasteiger partial charge < -0.3 is 0 Å². The summed E-state index contributed by atoms with van der Waals surface area (Å²) in [4.78, 5) is 0. The summed E-state index contributed by atoms with van der Waals surface area (Å²) in [6, 6.07) is 5.42. The first-order valence-corrected chi connectivity index (χ1v) is 7.02. The molecule has 0 aliphatic heterocycles. The van der Waals surface area contributed by atoms with Crippen molar-refractivity contribution in [3.05, 3.63) is 23.8 Å². The highest BCUT2D eigenvalue weighted by atomic mass is 16.5. The smallest absolute Gasteiger partial charge is 0.0664 e. The van der Waals surface area contributed by atoms with Gasteiger partial charge in [-0.2, -0.15) is 0 Å². The first kappa shape index (κ1) is 17.4. The number of rotatable bonds is 3. The maximum Gasteiger partial charge on any atom is 0.0664 e. The molecule has 0 spiro atoms. The Kier molecular flexibility index (Phi) is 4.93. The molecule has 0 amide bonds. The highest BCUT2D eigenvalue weighted by molar-refractivity contribution is 5.61. The number of nitrogens with zero attached hydrogens (tertiary/aromatic N) is 2. The van der Waals surface area contributed by atoms with E-state index < -0.39 is 11.1 Å². The minimum atomic E-state index is -0.450. The van der Waals surface area contributed by atoms with Crippen molar-refractivity contribution in [2.24, 2.45) is 0 Å². The van der Waals surface area contributed by atoms with Gasteiger partial charge >= 0.3 is 0 Å². The fourth-order valence-corrected chi connectivity index (χ4v) is 1.90. The van der Waals surface area contributed by atoms with E-state index in [1.165, 1.54) is 10.1 Å². The van der Waals surface area contributed by atoms with E-state index in [9.17, 15) is 10.4 Å². The van der Waals surface area contributed by atoms with Gasteiger partial charge in [-0.3, -0.25) is 20.5 Å². The summed E-state index contributed by atoms with van der Waals surface area (Å²) in [6.45, 7) is 11.4. The molecule has 21 heavy (non-hydrogen) atoms. The van der Waals surface area contributed by atoms with Crippen molar-refractivity contribution in [1.82, 2.24) is 0 Å². The molecule has 0 saturated carbocycles. The van der Waals surface area contributed by atoms with Crippen LogP contribution in [0.25, 0.3) is 0 Å². The molecule has 0 atom stereocenters. The van der Waals surface area contributed by atoms with Crippen molar-refractivity contribution < 1.29 is 10.4 Å². The third-order valence-electron chi connectivity index (χ3n) is 3.03. The monoisotopic (exact) mass is 290 g/mol. The van der Waals surface area contributed by atoms with Gasteiger partial charge in [0.2, 0.25) is 0 Å². The Morgan fingerprint density at radius 1 is 0.905 bits per heavy atom. The molecular weight excluding hydrogens is 264 g/mol. The first-order valence-electron chi connectivity index (χ1n) is 7.02. The largest absolute Gasteiger partial charge is 0.288 e. The van der Waals surface area contributed by atoms with Crippen molar-refractivity contribution in [3.8, 4) is 12.3 Å². The second kappa shape index (κ2) is 5.97. The molecule has 0 bridgehead atoms. The summed E-state index contributed by atoms with van der Waals surface area (Å²) >= 11 is 0. The maximum atomic E-state index is 10.3. The summed E-state index contributed by atoms with van der Waals surface area (Å²) in [5.41, 5.74) is 1.18. The number of anilines is 2. The summed E-state index contributed by atoms with van der Waals surface area (Å²) in [6.07, 6.45) is 5.82. The van der Waals surface area contributed by atoms with Gasteiger partial charge in [0.1, 0.15) is 0 Å². The molecule has 0 aliphatic rings. The number of hydrogen-bond acceptors (Lipinski definition) is 4. The van der Waals surface area contributed by atoms with Crippen LogP contribution in [0.2, 0.25) is 0 Å². The van der Waals surface area contributed by atoms with Crippen molar-refractivity contribution in [1.29, 1.82) is 0 Å². The van der Waals surface area contributed by atoms with Crippen LogP contribution < -0.4 is 10.1 Å². The van der Waals surface area contributed by atoms with Gasteiger partial charge in [0.15, 0.2) is 0 Å². The van der Waals surface area contributed by atoms with Crippen LogP contribution in [0.1, 0.15) is 47.1 Å². The molecule has 1 aromatic carbocycles. The van der Waals surface area contributed by atoms with Gasteiger partial charge in [-0.15, -0.1) is 12.3 Å². The minimum Gasteiger partial charge on any atom is -0.288 e. The fourth-order valence-electron chi connectivity index (χ4n) is 1.90. The number of benzene rings is 1. The molecule has 0 aliphatic carbocycles. The third kappa shape index (κ3) is 4.38. The van der Waals surface area contributed by atoms with Crippen LogP contribution in [0, 0.1) is 12.3 Å². The summed E-state index contributed by atoms with van der Waals surface area (Å²) in [5.74, 6) is 2.59. The van der Waals surface area contributed by atoms with Crippen LogP contribution in [-0.2, 0) is 6.42 Å². The quantitative estimate of drug-likeness (QED) is 0.655. The molecule has 116 valence electrons. The zero-order valence-corrected chi connectivity index (χ0v) is 13.8. The second-order valence-corrected chi connectivity index (χ2v) is 7.20. The summed E-state index contributed by atoms with van der Waals surface area (Å²) < 4.78 is 0. The molecule has 4 nitrogen and oxygen atoms in total. The predicted molar refractivity (Wildman–Crippen MR) is 87.0 cm³/mol. The van der Waals surface area contributed by atoms with Crippen molar-refractivity contribution in [3.63, 3.8) is 0 Å². The van der Waals surface area contributed by atoms with E-state index in [4.69, 9.17) is 6.42 Å². The van der Waals surface area contributed by atoms with Gasteiger partial charge in [0, 0.05) is 6.42 Å². The highest BCUT2D eigenvalue weighted by Gasteiger charge is 2.24. The van der Waals surface area contributed by atoms with Crippen molar-refractivity contribution >= 4 is 11.4 Å². The lowest BCUT2D eigenvalue weighted by atomic mass is 10.0. The van der Waals surface area contributed by atoms with Gasteiger partial charge in [0.25, 0.3) is 0 Å². The van der Waals surface area contributed by atoms with Crippen molar-refractivity contribution in [2.75, 3.05) is 10.1 Å². The maximum absolute atomic E-state index is 10.3. The van der Waals surface area contributed by atoms with Gasteiger partial charge in [-0.05, 0) is 65.3 Å². The molecule has 0 unspecified atom stereocenters. The van der Waals surface area contributed by atoms with Gasteiger partial charge in [-0.25, -0.2) is 0 Å². The molecule has 0 radical (unpaired) electrons. The Balaban J connectivity index is 3.34. The fraction of sp³-hybridized carbons (Fsp3) is 0.529. The SMILES string of the molecule is C#CCc1cc(N(O)C(C)(C)C)cc(N(O)C(C)(C)C)c1. The molecule has 0 saturated heterocycles. The van der Waals surface area contributed by atoms with E-state index in [1.807, 2.05) is 53.7 Å². The summed E-state index contributed by atoms with van der Waals surface area (Å²) in [7, 11) is 0. The standard InChI is InChI=1S/C17H26N2O2/c1-8-9-13-10-14(18(20)16(2,3)4)12-15(11-13)19(21)17(5,6)7/h1,10-12,20-21H,9H2,2-7H3. The lowest BCUT2D eigenvalue weighted by Gasteiger charge is -2.35. The van der Waals surface area contributed by atoms with E-state index in [2.05, 4.69) is 5.92 Å². The molecular formula is C17H26N2O2. The molecule has 1 rings (SSSR count). The van der Waals surface area contributed by atoms with Crippen LogP contribution in [0.5, 0.6) is 0 Å². The van der Waals surface area contributed by atoms with E-state index >= 15 is 0 Å². The molecule has 0 heterocycles. The Labute approximate surface area is 127 Å². The highest BCUT2D eigenvalue weighted by Crippen LogP contribution is 2.30. The number of hydrogen-bond donors (Lipinski definition) is 2. The van der Waals surface area contributed by atoms with Crippen LogP contribution in [0.3, 0.4) is 0 Å². The topological polar surface area (TPSA) is 46.9 Å². The van der Waals surface area contributed by atoms with E-state index in [0.717, 1.165) is 5.56 Å². The Morgan fingerprint density at radius 3 is 1.57 bits per heavy atom. The molecule has 2 N–H and O–H groups in total. The molecule has 0 aromatic heterocycles. The van der Waals surface area contributed by atoms with Crippen LogP contribution >= 0.6 is 0 Å². The molecule has 4 heteroatoms. The first-order chi connectivity index (χ1) is 9.46. The third-order valence-corrected chi connectivity index (χ3v) is 3.03. The van der Waals surface area contributed by atoms with E-state index in [-0.39, 0.29) is 0 Å². The Hall–Kier alpha value is -1.70. The second-order valence-electron chi connectivity index (χ2n) is 7.20. The van der Waals surface area contributed by atoms with Gasteiger partial charge in [-0.1, -0.05) is 0 Å². The molecule has 0 fully saturated rings. The van der Waals surface area contributed by atoms with Crippen LogP contribution in [-0.4, -0.2) is 21.5 Å². The predicted octanol–water partition coefficient (Wildman–Crippen LogP) is 3.85. The van der Waals surface area contributed by atoms with E-state index in [1.54, 1.807) is 6.07 Å². The Morgan fingerprint density at radius 2 is 1.29 bits per heavy atom. The number of hydroxylamine groups is 2. The minimum absolute atomic E-state index is 0.441. The van der Waals surface area contributed by atoms with Crippen LogP contribution in [0.4, 0.5) is 11.4 Å². The lowest BCUT2D eigenvalue weighted by Crippen LogP contribution is -2.40. The van der Waals surface area contributed by atoms with Crippen molar-refractivity contribution in [2.45, 2.75) is 59.0 Å². The van der Waals surface area contributed by atoms with E-state index in [0.29, 0.717) is 17.8 Å². The lowest BCUT2D eigenvalue weighted by molar-refractivity contribution is 0.176. The molecule has 1 aromatic rings. The average molecular weight is 290 g/mol. The van der Waals surface area contributed by atoms with Gasteiger partial charge in [0.05, 0.1) is 22.5 Å². The normalized spacial score (nSPS) is 12.0. The Bertz CT molecular complexity index is 495. The van der Waals surface area contributed by atoms with Crippen LogP contribution in [0.15, 0.2) is 18.2 Å². The zero-order valence-electron chi connectivity index (χ0n) is 13.8.